The van der Waals surface area contributed by atoms with Gasteiger partial charge in [0.1, 0.15) is 0 Å². The van der Waals surface area contributed by atoms with Crippen LogP contribution < -0.4 is 0 Å². The molecule has 7 nitrogen and oxygen atoms in total. The van der Waals surface area contributed by atoms with E-state index in [9.17, 15) is 23.1 Å². The third-order valence-electron chi connectivity index (χ3n) is 3.62. The molecule has 0 aliphatic rings. The molecule has 0 aromatic carbocycles. The quantitative estimate of drug-likeness (QED) is 0.799. The van der Waals surface area contributed by atoms with E-state index in [1.807, 2.05) is 0 Å². The molecule has 0 fully saturated rings. The Labute approximate surface area is 126 Å². The number of carboxylic acid groups (broad SMARTS) is 2. The fraction of sp³-hybridized carbons (Fsp3) is 0.846. The van der Waals surface area contributed by atoms with Crippen LogP contribution in [-0.4, -0.2) is 36.1 Å². The van der Waals surface area contributed by atoms with Gasteiger partial charge in [-0.25, -0.2) is 4.79 Å². The van der Waals surface area contributed by atoms with Gasteiger partial charge in [0, 0.05) is 5.92 Å². The highest BCUT2D eigenvalue weighted by Gasteiger charge is 2.59. The summed E-state index contributed by atoms with van der Waals surface area (Å²) in [5.41, 5.74) is -3.92. The van der Waals surface area contributed by atoms with Gasteiger partial charge < -0.3 is 10.2 Å². The van der Waals surface area contributed by atoms with Crippen LogP contribution in [0.1, 0.15) is 48.0 Å². The minimum atomic E-state index is -2.97. The normalized spacial score (nSPS) is 16.7. The van der Waals surface area contributed by atoms with E-state index in [0.717, 1.165) is 0 Å². The van der Waals surface area contributed by atoms with Crippen molar-refractivity contribution in [3.8, 4) is 0 Å². The first-order valence-corrected chi connectivity index (χ1v) is 7.47. The molecule has 2 atom stereocenters. The Kier molecular flexibility index (Phi) is 5.71. The Morgan fingerprint density at radius 3 is 1.67 bits per heavy atom. The maximum Gasteiger partial charge on any atom is 0.333 e. The average molecular weight is 321 g/mol. The monoisotopic (exact) mass is 321 g/mol. The van der Waals surface area contributed by atoms with Gasteiger partial charge in [0.15, 0.2) is 5.54 Å². The van der Waals surface area contributed by atoms with Crippen molar-refractivity contribution in [2.75, 3.05) is 0 Å². The summed E-state index contributed by atoms with van der Waals surface area (Å²) in [6.07, 6.45) is -0.492. The molecule has 0 heterocycles. The number of nitrogens with zero attached hydrogens (tertiary/aromatic N) is 1. The Hall–Kier alpha value is -1.44. The lowest BCUT2D eigenvalue weighted by atomic mass is 9.58. The zero-order chi connectivity index (χ0) is 17.2. The molecular weight excluding hydrogens is 298 g/mol. The summed E-state index contributed by atoms with van der Waals surface area (Å²) < 4.78 is 25.7. The molecule has 8 heteroatoms. The smallest absolute Gasteiger partial charge is 0.333 e. The van der Waals surface area contributed by atoms with Gasteiger partial charge in [-0.3, -0.25) is 4.79 Å². The van der Waals surface area contributed by atoms with Gasteiger partial charge in [-0.15, -0.1) is 0 Å². The first-order valence-electron chi connectivity index (χ1n) is 6.43. The molecular formula is C13H23NO6S. The van der Waals surface area contributed by atoms with E-state index in [2.05, 4.69) is 4.36 Å². The number of carboxylic acids is 2. The molecule has 2 N–H and O–H groups in total. The largest absolute Gasteiger partial charge is 0.481 e. The van der Waals surface area contributed by atoms with E-state index >= 15 is 0 Å². The molecule has 0 saturated carbocycles. The molecule has 0 aromatic rings. The topological polar surface area (TPSA) is 121 Å². The zero-order valence-corrected chi connectivity index (χ0v) is 14.0. The molecule has 122 valence electrons. The predicted octanol–water partition coefficient (Wildman–Crippen LogP) is 2.06. The summed E-state index contributed by atoms with van der Waals surface area (Å²) >= 11 is 0. The summed E-state index contributed by atoms with van der Waals surface area (Å²) in [6, 6.07) is 0. The van der Waals surface area contributed by atoms with Gasteiger partial charge in [-0.1, -0.05) is 41.5 Å². The average Bonchev–Trinajstić information content (AvgIpc) is 2.18. The Bertz CT molecular complexity index is 544. The summed E-state index contributed by atoms with van der Waals surface area (Å²) in [7, 11) is -2.97. The van der Waals surface area contributed by atoms with Crippen LogP contribution in [0.4, 0.5) is 0 Å². The van der Waals surface area contributed by atoms with Gasteiger partial charge >= 0.3 is 22.4 Å². The van der Waals surface area contributed by atoms with Crippen LogP contribution in [0.25, 0.3) is 0 Å². The number of rotatable bonds is 5. The Balaban J connectivity index is 6.64. The molecule has 21 heavy (non-hydrogen) atoms. The van der Waals surface area contributed by atoms with Gasteiger partial charge in [0.05, 0.1) is 6.42 Å². The molecule has 0 radical (unpaired) electrons. The van der Waals surface area contributed by atoms with Gasteiger partial charge in [0.2, 0.25) is 0 Å². The molecule has 0 bridgehead atoms. The molecule has 0 saturated heterocycles. The van der Waals surface area contributed by atoms with E-state index < -0.39 is 51.1 Å². The summed E-state index contributed by atoms with van der Waals surface area (Å²) in [5.74, 6) is -3.64. The lowest BCUT2D eigenvalue weighted by Crippen LogP contribution is -2.58. The van der Waals surface area contributed by atoms with Crippen LogP contribution >= 0.6 is 0 Å². The van der Waals surface area contributed by atoms with Crippen molar-refractivity contribution >= 4 is 22.4 Å². The van der Waals surface area contributed by atoms with Crippen LogP contribution in [-0.2, 0) is 20.1 Å². The fourth-order valence-electron chi connectivity index (χ4n) is 2.60. The number of carbonyl (C=O) groups is 2. The standard InChI is InChI=1S/C13H23NO6S/c1-11(2,3)8(7-9(15)16)13(10(17)18,12(4,5)6)14-21(19)20/h8H,7H2,1-6H3,(H,15,16)(H,17,18)/t8?,13-/m0/s1. The predicted molar refractivity (Wildman–Crippen MR) is 76.4 cm³/mol. The second-order valence-corrected chi connectivity index (χ2v) is 7.76. The highest BCUT2D eigenvalue weighted by molar-refractivity contribution is 7.61. The van der Waals surface area contributed by atoms with Gasteiger partial charge in [-0.05, 0) is 10.8 Å². The Morgan fingerprint density at radius 1 is 1.05 bits per heavy atom. The molecule has 0 aromatic heterocycles. The van der Waals surface area contributed by atoms with Crippen molar-refractivity contribution in [3.05, 3.63) is 0 Å². The summed E-state index contributed by atoms with van der Waals surface area (Å²) in [4.78, 5) is 23.1. The van der Waals surface area contributed by atoms with Crippen molar-refractivity contribution < 1.29 is 28.2 Å². The van der Waals surface area contributed by atoms with Crippen LogP contribution in [0.2, 0.25) is 0 Å². The molecule has 0 amide bonds. The minimum Gasteiger partial charge on any atom is -0.481 e. The van der Waals surface area contributed by atoms with E-state index in [1.54, 1.807) is 20.8 Å². The van der Waals surface area contributed by atoms with Crippen molar-refractivity contribution in [2.45, 2.75) is 53.5 Å². The molecule has 0 aliphatic carbocycles. The van der Waals surface area contributed by atoms with Crippen molar-refractivity contribution in [1.82, 2.24) is 0 Å². The zero-order valence-electron chi connectivity index (χ0n) is 13.2. The second-order valence-electron chi connectivity index (χ2n) is 7.15. The fourth-order valence-corrected chi connectivity index (χ4v) is 3.32. The Morgan fingerprint density at radius 2 is 1.48 bits per heavy atom. The molecule has 0 spiro atoms. The van der Waals surface area contributed by atoms with E-state index in [1.165, 1.54) is 20.8 Å². The molecule has 1 unspecified atom stereocenters. The van der Waals surface area contributed by atoms with Crippen LogP contribution in [0, 0.1) is 16.7 Å². The lowest BCUT2D eigenvalue weighted by molar-refractivity contribution is -0.156. The van der Waals surface area contributed by atoms with Gasteiger partial charge in [0.25, 0.3) is 0 Å². The van der Waals surface area contributed by atoms with Crippen molar-refractivity contribution in [3.63, 3.8) is 0 Å². The maximum absolute atomic E-state index is 11.9. The van der Waals surface area contributed by atoms with E-state index in [-0.39, 0.29) is 0 Å². The summed E-state index contributed by atoms with van der Waals surface area (Å²) in [5, 5.41) is 18.8. The van der Waals surface area contributed by atoms with Crippen LogP contribution in [0.5, 0.6) is 0 Å². The second kappa shape index (κ2) is 6.13. The highest BCUT2D eigenvalue weighted by Crippen LogP contribution is 2.49. The number of aliphatic carboxylic acids is 2. The van der Waals surface area contributed by atoms with Crippen LogP contribution in [0.3, 0.4) is 0 Å². The van der Waals surface area contributed by atoms with Crippen LogP contribution in [0.15, 0.2) is 4.36 Å². The lowest BCUT2D eigenvalue weighted by Gasteiger charge is -2.47. The minimum absolute atomic E-state index is 0.492. The number of hydrogen-bond acceptors (Lipinski definition) is 5. The van der Waals surface area contributed by atoms with Gasteiger partial charge in [-0.2, -0.15) is 12.8 Å². The van der Waals surface area contributed by atoms with Crippen molar-refractivity contribution in [1.29, 1.82) is 0 Å². The third-order valence-corrected chi connectivity index (χ3v) is 4.05. The maximum atomic E-state index is 11.9. The third kappa shape index (κ3) is 4.26. The summed E-state index contributed by atoms with van der Waals surface area (Å²) in [6.45, 7) is 9.64. The van der Waals surface area contributed by atoms with Crippen molar-refractivity contribution in [2.24, 2.45) is 21.1 Å². The van der Waals surface area contributed by atoms with E-state index in [4.69, 9.17) is 5.11 Å². The number of hydrogen-bond donors (Lipinski definition) is 2. The molecule has 0 aliphatic heterocycles. The van der Waals surface area contributed by atoms with E-state index in [0.29, 0.717) is 0 Å². The molecule has 0 rings (SSSR count). The SMILES string of the molecule is CC(C)(C)C(CC(=O)O)[C@](N=S(=O)=O)(C(=O)O)C(C)(C)C. The first kappa shape index (κ1) is 19.6. The highest BCUT2D eigenvalue weighted by atomic mass is 32.2. The first-order chi connectivity index (χ1) is 9.16.